The number of benzene rings is 1. The normalized spacial score (nSPS) is 11.0. The fraction of sp³-hybridized carbons (Fsp3) is 0.385. The molecule has 2 rings (SSSR count). The summed E-state index contributed by atoms with van der Waals surface area (Å²) in [6, 6.07) is 1.91. The zero-order valence-corrected chi connectivity index (χ0v) is 11.7. The van der Waals surface area contributed by atoms with Crippen molar-refractivity contribution in [2.24, 2.45) is 0 Å². The molecule has 0 aliphatic rings. The lowest BCUT2D eigenvalue weighted by Crippen LogP contribution is -2.28. The predicted octanol–water partition coefficient (Wildman–Crippen LogP) is 2.58. The van der Waals surface area contributed by atoms with Crippen LogP contribution in [0.2, 0.25) is 0 Å². The molecule has 0 aliphatic carbocycles. The van der Waals surface area contributed by atoms with E-state index in [0.29, 0.717) is 12.4 Å². The number of halogens is 3. The topological polar surface area (TPSA) is 46.9 Å². The molecule has 1 N–H and O–H groups in total. The maximum absolute atomic E-state index is 13.7. The molecule has 108 valence electrons. The number of fused-ring (bicyclic) bond motifs is 1. The van der Waals surface area contributed by atoms with E-state index in [1.165, 1.54) is 4.57 Å². The zero-order valence-electron chi connectivity index (χ0n) is 10.9. The number of carbonyl (C=O) groups is 1. The van der Waals surface area contributed by atoms with E-state index in [4.69, 9.17) is 11.6 Å². The third-order valence-corrected chi connectivity index (χ3v) is 3.08. The van der Waals surface area contributed by atoms with Gasteiger partial charge in [-0.15, -0.1) is 11.6 Å². The lowest BCUT2D eigenvalue weighted by Gasteiger charge is -2.08. The first-order chi connectivity index (χ1) is 9.56. The van der Waals surface area contributed by atoms with Crippen molar-refractivity contribution in [3.8, 4) is 0 Å². The van der Waals surface area contributed by atoms with Crippen LogP contribution in [0, 0.1) is 11.6 Å². The van der Waals surface area contributed by atoms with Crippen LogP contribution in [0.3, 0.4) is 0 Å². The third-order valence-electron chi connectivity index (χ3n) is 2.84. The molecular weight excluding hydrogens is 288 g/mol. The van der Waals surface area contributed by atoms with E-state index in [9.17, 15) is 13.6 Å². The summed E-state index contributed by atoms with van der Waals surface area (Å²) < 4.78 is 28.4. The Morgan fingerprint density at radius 3 is 2.85 bits per heavy atom. The Hall–Kier alpha value is -1.69. The van der Waals surface area contributed by atoms with E-state index in [1.807, 2.05) is 6.92 Å². The van der Waals surface area contributed by atoms with Crippen molar-refractivity contribution in [2.75, 3.05) is 6.54 Å². The first-order valence-electron chi connectivity index (χ1n) is 6.23. The molecule has 0 spiro atoms. The zero-order chi connectivity index (χ0) is 14.7. The first kappa shape index (κ1) is 14.7. The molecular formula is C13H14ClF2N3O. The predicted molar refractivity (Wildman–Crippen MR) is 72.5 cm³/mol. The molecule has 1 amide bonds. The van der Waals surface area contributed by atoms with Gasteiger partial charge in [0.15, 0.2) is 5.82 Å². The lowest BCUT2D eigenvalue weighted by molar-refractivity contribution is -0.121. The van der Waals surface area contributed by atoms with Gasteiger partial charge >= 0.3 is 0 Å². The van der Waals surface area contributed by atoms with Crippen LogP contribution in [0.4, 0.5) is 8.78 Å². The molecule has 0 bridgehead atoms. The van der Waals surface area contributed by atoms with Crippen LogP contribution in [-0.2, 0) is 17.2 Å². The fourth-order valence-corrected chi connectivity index (χ4v) is 2.14. The minimum absolute atomic E-state index is 0.0107. The van der Waals surface area contributed by atoms with Gasteiger partial charge in [-0.3, -0.25) is 4.79 Å². The summed E-state index contributed by atoms with van der Waals surface area (Å²) in [7, 11) is 0. The highest BCUT2D eigenvalue weighted by atomic mass is 35.5. The average molecular weight is 302 g/mol. The van der Waals surface area contributed by atoms with Gasteiger partial charge in [0.2, 0.25) is 5.91 Å². The number of hydrogen-bond acceptors (Lipinski definition) is 2. The van der Waals surface area contributed by atoms with Gasteiger partial charge in [-0.1, -0.05) is 6.92 Å². The molecule has 4 nitrogen and oxygen atoms in total. The number of imidazole rings is 1. The Labute approximate surface area is 119 Å². The van der Waals surface area contributed by atoms with Crippen LogP contribution in [0.1, 0.15) is 19.2 Å². The average Bonchev–Trinajstić information content (AvgIpc) is 2.75. The highest BCUT2D eigenvalue weighted by molar-refractivity contribution is 6.16. The second-order valence-electron chi connectivity index (χ2n) is 4.35. The second-order valence-corrected chi connectivity index (χ2v) is 4.62. The minimum Gasteiger partial charge on any atom is -0.355 e. The summed E-state index contributed by atoms with van der Waals surface area (Å²) >= 11 is 5.75. The van der Waals surface area contributed by atoms with Gasteiger partial charge < -0.3 is 9.88 Å². The van der Waals surface area contributed by atoms with E-state index in [1.54, 1.807) is 0 Å². The maximum Gasteiger partial charge on any atom is 0.240 e. The van der Waals surface area contributed by atoms with Gasteiger partial charge in [0.25, 0.3) is 0 Å². The largest absolute Gasteiger partial charge is 0.355 e. The van der Waals surface area contributed by atoms with Crippen molar-refractivity contribution >= 4 is 28.5 Å². The highest BCUT2D eigenvalue weighted by Gasteiger charge is 2.16. The third kappa shape index (κ3) is 2.90. The Kier molecular flexibility index (Phi) is 4.54. The standard InChI is InChI=1S/C13H14ClF2N3O/c1-2-3-17-12(20)7-19-10-5-8(15)4-9(16)13(10)18-11(19)6-14/h4-5H,2-3,6-7H2,1H3,(H,17,20). The minimum atomic E-state index is -0.765. The Morgan fingerprint density at radius 2 is 2.20 bits per heavy atom. The van der Waals surface area contributed by atoms with Gasteiger partial charge in [0, 0.05) is 12.6 Å². The maximum atomic E-state index is 13.7. The Morgan fingerprint density at radius 1 is 1.45 bits per heavy atom. The number of nitrogens with one attached hydrogen (secondary N) is 1. The number of carbonyl (C=O) groups excluding carboxylic acids is 1. The van der Waals surface area contributed by atoms with Crippen molar-refractivity contribution < 1.29 is 13.6 Å². The van der Waals surface area contributed by atoms with Gasteiger partial charge in [-0.05, 0) is 12.5 Å². The molecule has 0 unspecified atom stereocenters. The number of hydrogen-bond donors (Lipinski definition) is 1. The number of amides is 1. The number of alkyl halides is 1. The summed E-state index contributed by atoms with van der Waals surface area (Å²) in [5.41, 5.74) is 0.245. The van der Waals surface area contributed by atoms with Crippen LogP contribution >= 0.6 is 11.6 Å². The molecule has 1 aromatic carbocycles. The molecule has 0 saturated heterocycles. The summed E-state index contributed by atoms with van der Waals surface area (Å²) in [6.07, 6.45) is 0.808. The monoisotopic (exact) mass is 301 g/mol. The fourth-order valence-electron chi connectivity index (χ4n) is 1.94. The van der Waals surface area contributed by atoms with Crippen molar-refractivity contribution in [2.45, 2.75) is 25.8 Å². The molecule has 0 saturated carbocycles. The molecule has 7 heteroatoms. The number of aromatic nitrogens is 2. The molecule has 0 aliphatic heterocycles. The van der Waals surface area contributed by atoms with Gasteiger partial charge in [0.1, 0.15) is 23.7 Å². The Bertz CT molecular complexity index is 642. The molecule has 0 radical (unpaired) electrons. The molecule has 0 atom stereocenters. The van der Waals surface area contributed by atoms with Gasteiger partial charge in [-0.25, -0.2) is 13.8 Å². The van der Waals surface area contributed by atoms with Gasteiger partial charge in [-0.2, -0.15) is 0 Å². The molecule has 0 fully saturated rings. The van der Waals surface area contributed by atoms with E-state index >= 15 is 0 Å². The Balaban J connectivity index is 2.42. The van der Waals surface area contributed by atoms with E-state index in [0.717, 1.165) is 18.6 Å². The van der Waals surface area contributed by atoms with Crippen LogP contribution < -0.4 is 5.32 Å². The number of rotatable bonds is 5. The van der Waals surface area contributed by atoms with Crippen molar-refractivity contribution in [1.29, 1.82) is 0 Å². The van der Waals surface area contributed by atoms with Crippen LogP contribution in [0.15, 0.2) is 12.1 Å². The molecule has 2 aromatic rings. The molecule has 1 aromatic heterocycles. The van der Waals surface area contributed by atoms with Crippen LogP contribution in [0.25, 0.3) is 11.0 Å². The van der Waals surface area contributed by atoms with Crippen molar-refractivity contribution in [3.63, 3.8) is 0 Å². The number of nitrogens with zero attached hydrogens (tertiary/aromatic N) is 2. The lowest BCUT2D eigenvalue weighted by atomic mass is 10.3. The summed E-state index contributed by atoms with van der Waals surface area (Å²) in [6.45, 7) is 2.41. The quantitative estimate of drug-likeness (QED) is 0.863. The van der Waals surface area contributed by atoms with Crippen LogP contribution in [-0.4, -0.2) is 22.0 Å². The van der Waals surface area contributed by atoms with E-state index < -0.39 is 11.6 Å². The molecule has 20 heavy (non-hydrogen) atoms. The SMILES string of the molecule is CCCNC(=O)Cn1c(CCl)nc2c(F)cc(F)cc21. The van der Waals surface area contributed by atoms with Crippen molar-refractivity contribution in [3.05, 3.63) is 29.6 Å². The van der Waals surface area contributed by atoms with Gasteiger partial charge in [0.05, 0.1) is 11.4 Å². The van der Waals surface area contributed by atoms with E-state index in [2.05, 4.69) is 10.3 Å². The highest BCUT2D eigenvalue weighted by Crippen LogP contribution is 2.21. The van der Waals surface area contributed by atoms with Crippen LogP contribution in [0.5, 0.6) is 0 Å². The first-order valence-corrected chi connectivity index (χ1v) is 6.77. The summed E-state index contributed by atoms with van der Waals surface area (Å²) in [4.78, 5) is 15.8. The molecule has 1 heterocycles. The summed E-state index contributed by atoms with van der Waals surface area (Å²) in [5, 5.41) is 2.70. The van der Waals surface area contributed by atoms with Crippen molar-refractivity contribution in [1.82, 2.24) is 14.9 Å². The second kappa shape index (κ2) is 6.17. The van der Waals surface area contributed by atoms with E-state index in [-0.39, 0.29) is 29.4 Å². The smallest absolute Gasteiger partial charge is 0.240 e. The summed E-state index contributed by atoms with van der Waals surface area (Å²) in [5.74, 6) is -1.39.